The van der Waals surface area contributed by atoms with E-state index in [1.807, 2.05) is 74.5 Å². The van der Waals surface area contributed by atoms with Gasteiger partial charge in [0.2, 0.25) is 0 Å². The van der Waals surface area contributed by atoms with Crippen LogP contribution < -0.4 is 10.2 Å². The highest BCUT2D eigenvalue weighted by Gasteiger charge is 2.27. The van der Waals surface area contributed by atoms with Gasteiger partial charge in [0.05, 0.1) is 17.9 Å². The first kappa shape index (κ1) is 21.2. The Kier molecular flexibility index (Phi) is 6.11. The molecule has 6 heteroatoms. The topological polar surface area (TPSA) is 58.6 Å². The van der Waals surface area contributed by atoms with Crippen molar-refractivity contribution < 1.29 is 14.3 Å². The summed E-state index contributed by atoms with van der Waals surface area (Å²) in [7, 11) is 1.62. The number of ether oxygens (including phenoxy) is 1. The zero-order valence-corrected chi connectivity index (χ0v) is 18.6. The molecule has 0 aliphatic carbocycles. The van der Waals surface area contributed by atoms with Crippen molar-refractivity contribution in [3.05, 3.63) is 82.9 Å². The molecule has 1 aliphatic rings. The fourth-order valence-corrected chi connectivity index (χ4v) is 4.79. The first-order valence-electron chi connectivity index (χ1n) is 10.1. The van der Waals surface area contributed by atoms with E-state index in [1.54, 1.807) is 12.0 Å². The van der Waals surface area contributed by atoms with Crippen LogP contribution >= 0.6 is 11.8 Å². The molecule has 0 bridgehead atoms. The molecular formula is C25H24N2O3S. The van der Waals surface area contributed by atoms with E-state index >= 15 is 0 Å². The van der Waals surface area contributed by atoms with Gasteiger partial charge in [-0.25, -0.2) is 0 Å². The molecule has 0 unspecified atom stereocenters. The predicted octanol–water partition coefficient (Wildman–Crippen LogP) is 5.31. The SMILES string of the molecule is COCCN1C(=O)c2ccccc2Sc2cc(NC(=O)c3ccc(C)cc3C)ccc21. The fourth-order valence-electron chi connectivity index (χ4n) is 3.67. The number of methoxy groups -OCH3 is 1. The maximum Gasteiger partial charge on any atom is 0.259 e. The van der Waals surface area contributed by atoms with Crippen LogP contribution in [0.3, 0.4) is 0 Å². The number of hydrogen-bond acceptors (Lipinski definition) is 4. The normalized spacial score (nSPS) is 12.7. The lowest BCUT2D eigenvalue weighted by Gasteiger charge is -2.23. The Bertz CT molecular complexity index is 1160. The van der Waals surface area contributed by atoms with Crippen LogP contribution in [0, 0.1) is 13.8 Å². The molecule has 158 valence electrons. The van der Waals surface area contributed by atoms with Crippen molar-refractivity contribution in [1.82, 2.24) is 0 Å². The van der Waals surface area contributed by atoms with Gasteiger partial charge in [-0.05, 0) is 55.8 Å². The summed E-state index contributed by atoms with van der Waals surface area (Å²) in [5, 5.41) is 3.00. The summed E-state index contributed by atoms with van der Waals surface area (Å²) >= 11 is 1.53. The third-order valence-electron chi connectivity index (χ3n) is 5.24. The van der Waals surface area contributed by atoms with Crippen molar-refractivity contribution in [2.45, 2.75) is 23.6 Å². The highest BCUT2D eigenvalue weighted by Crippen LogP contribution is 2.42. The van der Waals surface area contributed by atoms with Gasteiger partial charge in [-0.15, -0.1) is 0 Å². The highest BCUT2D eigenvalue weighted by atomic mass is 32.2. The molecule has 0 aromatic heterocycles. The highest BCUT2D eigenvalue weighted by molar-refractivity contribution is 7.99. The summed E-state index contributed by atoms with van der Waals surface area (Å²) in [5.74, 6) is -0.199. The Morgan fingerprint density at radius 2 is 1.84 bits per heavy atom. The van der Waals surface area contributed by atoms with E-state index in [4.69, 9.17) is 4.74 Å². The van der Waals surface area contributed by atoms with Crippen LogP contribution in [0.25, 0.3) is 0 Å². The van der Waals surface area contributed by atoms with Gasteiger partial charge in [0.15, 0.2) is 0 Å². The van der Waals surface area contributed by atoms with Crippen molar-refractivity contribution >= 4 is 35.0 Å². The van der Waals surface area contributed by atoms with Gasteiger partial charge in [-0.2, -0.15) is 0 Å². The molecule has 1 N–H and O–H groups in total. The Morgan fingerprint density at radius 3 is 2.61 bits per heavy atom. The summed E-state index contributed by atoms with van der Waals surface area (Å²) < 4.78 is 5.22. The fraction of sp³-hybridized carbons (Fsp3) is 0.200. The number of rotatable bonds is 5. The molecule has 3 aromatic carbocycles. The van der Waals surface area contributed by atoms with Crippen LogP contribution in [0.5, 0.6) is 0 Å². The van der Waals surface area contributed by atoms with Gasteiger partial charge < -0.3 is 15.0 Å². The number of fused-ring (bicyclic) bond motifs is 2. The van der Waals surface area contributed by atoms with Gasteiger partial charge in [0.1, 0.15) is 0 Å². The molecule has 1 heterocycles. The number of amides is 2. The quantitative estimate of drug-likeness (QED) is 0.593. The molecule has 5 nitrogen and oxygen atoms in total. The third kappa shape index (κ3) is 4.36. The lowest BCUT2D eigenvalue weighted by Crippen LogP contribution is -2.33. The van der Waals surface area contributed by atoms with Gasteiger partial charge >= 0.3 is 0 Å². The minimum Gasteiger partial charge on any atom is -0.383 e. The molecule has 31 heavy (non-hydrogen) atoms. The zero-order chi connectivity index (χ0) is 22.0. The molecule has 2 amide bonds. The number of nitrogens with one attached hydrogen (secondary N) is 1. The number of anilines is 2. The summed E-state index contributed by atoms with van der Waals surface area (Å²) in [6.07, 6.45) is 0. The van der Waals surface area contributed by atoms with E-state index in [-0.39, 0.29) is 11.8 Å². The van der Waals surface area contributed by atoms with Crippen molar-refractivity contribution in [3.63, 3.8) is 0 Å². The third-order valence-corrected chi connectivity index (χ3v) is 6.36. The van der Waals surface area contributed by atoms with Crippen molar-refractivity contribution in [2.75, 3.05) is 30.5 Å². The number of carbonyl (C=O) groups is 2. The second-order valence-electron chi connectivity index (χ2n) is 7.50. The average Bonchev–Trinajstić information content (AvgIpc) is 2.86. The molecule has 1 aliphatic heterocycles. The molecular weight excluding hydrogens is 408 g/mol. The minimum atomic E-state index is -0.149. The molecule has 0 radical (unpaired) electrons. The average molecular weight is 433 g/mol. The van der Waals surface area contributed by atoms with Crippen LogP contribution in [0.4, 0.5) is 11.4 Å². The van der Waals surface area contributed by atoms with E-state index in [0.29, 0.717) is 30.0 Å². The number of benzene rings is 3. The second kappa shape index (κ2) is 8.96. The zero-order valence-electron chi connectivity index (χ0n) is 17.8. The van der Waals surface area contributed by atoms with Crippen LogP contribution in [-0.2, 0) is 4.74 Å². The number of nitrogens with zero attached hydrogens (tertiary/aromatic N) is 1. The van der Waals surface area contributed by atoms with Crippen LogP contribution in [-0.4, -0.2) is 32.1 Å². The number of hydrogen-bond donors (Lipinski definition) is 1. The molecule has 0 saturated heterocycles. The van der Waals surface area contributed by atoms with E-state index < -0.39 is 0 Å². The maximum atomic E-state index is 13.2. The van der Waals surface area contributed by atoms with Gasteiger partial charge in [-0.1, -0.05) is 41.6 Å². The summed E-state index contributed by atoms with van der Waals surface area (Å²) in [6.45, 7) is 4.83. The standard InChI is InChI=1S/C25H24N2O3S/c1-16-8-10-19(17(2)14-16)24(28)26-18-9-11-21-23(15-18)31-22-7-5-4-6-20(22)25(29)27(21)12-13-30-3/h4-11,14-15H,12-13H2,1-3H3,(H,26,28). The molecule has 0 atom stereocenters. The van der Waals surface area contributed by atoms with Crippen LogP contribution in [0.2, 0.25) is 0 Å². The first-order valence-corrected chi connectivity index (χ1v) is 10.9. The summed E-state index contributed by atoms with van der Waals surface area (Å²) in [6, 6.07) is 19.0. The lowest BCUT2D eigenvalue weighted by atomic mass is 10.1. The van der Waals surface area contributed by atoms with Gasteiger partial charge in [0, 0.05) is 34.7 Å². The van der Waals surface area contributed by atoms with Gasteiger partial charge in [-0.3, -0.25) is 9.59 Å². The second-order valence-corrected chi connectivity index (χ2v) is 8.59. The minimum absolute atomic E-state index is 0.0500. The predicted molar refractivity (Wildman–Crippen MR) is 124 cm³/mol. The maximum absolute atomic E-state index is 13.2. The molecule has 0 fully saturated rings. The van der Waals surface area contributed by atoms with E-state index in [1.165, 1.54) is 11.8 Å². The first-order chi connectivity index (χ1) is 15.0. The molecule has 4 rings (SSSR count). The Balaban J connectivity index is 1.69. The Hall–Kier alpha value is -3.09. The lowest BCUT2D eigenvalue weighted by molar-refractivity contribution is 0.0972. The van der Waals surface area contributed by atoms with Crippen molar-refractivity contribution in [3.8, 4) is 0 Å². The Morgan fingerprint density at radius 1 is 1.03 bits per heavy atom. The monoisotopic (exact) mass is 432 g/mol. The number of carbonyl (C=O) groups excluding carboxylic acids is 2. The summed E-state index contributed by atoms with van der Waals surface area (Å²) in [4.78, 5) is 29.6. The van der Waals surface area contributed by atoms with Crippen molar-refractivity contribution in [2.24, 2.45) is 0 Å². The van der Waals surface area contributed by atoms with Crippen LogP contribution in [0.15, 0.2) is 70.5 Å². The van der Waals surface area contributed by atoms with Crippen molar-refractivity contribution in [1.29, 1.82) is 0 Å². The Labute approximate surface area is 186 Å². The number of aryl methyl sites for hydroxylation is 2. The van der Waals surface area contributed by atoms with E-state index in [2.05, 4.69) is 5.32 Å². The smallest absolute Gasteiger partial charge is 0.259 e. The largest absolute Gasteiger partial charge is 0.383 e. The molecule has 3 aromatic rings. The van der Waals surface area contributed by atoms with E-state index in [9.17, 15) is 9.59 Å². The van der Waals surface area contributed by atoms with E-state index in [0.717, 1.165) is 26.6 Å². The van der Waals surface area contributed by atoms with Crippen LogP contribution in [0.1, 0.15) is 31.8 Å². The summed E-state index contributed by atoms with van der Waals surface area (Å²) in [5.41, 5.74) is 4.88. The molecule has 0 spiro atoms. The van der Waals surface area contributed by atoms with Gasteiger partial charge in [0.25, 0.3) is 11.8 Å². The molecule has 0 saturated carbocycles.